The maximum absolute atomic E-state index is 12.2. The molecule has 0 saturated heterocycles. The second-order valence-corrected chi connectivity index (χ2v) is 6.41. The average Bonchev–Trinajstić information content (AvgIpc) is 2.62. The zero-order valence-electron chi connectivity index (χ0n) is 15.2. The molecule has 2 rings (SSSR count). The second kappa shape index (κ2) is 9.25. The molecular formula is C20H23ClN2O3. The van der Waals surface area contributed by atoms with Crippen LogP contribution < -0.4 is 10.1 Å². The fourth-order valence-electron chi connectivity index (χ4n) is 2.49. The summed E-state index contributed by atoms with van der Waals surface area (Å²) >= 11 is 6.07. The number of nitrogens with one attached hydrogen (secondary N) is 1. The van der Waals surface area contributed by atoms with Crippen LogP contribution in [-0.2, 0) is 16.1 Å². The number of hydrogen-bond acceptors (Lipinski definition) is 3. The van der Waals surface area contributed by atoms with Gasteiger partial charge in [0.2, 0.25) is 11.8 Å². The van der Waals surface area contributed by atoms with Gasteiger partial charge in [-0.1, -0.05) is 29.8 Å². The Morgan fingerprint density at radius 3 is 2.46 bits per heavy atom. The first-order valence-corrected chi connectivity index (χ1v) is 8.72. The third-order valence-corrected chi connectivity index (χ3v) is 4.54. The van der Waals surface area contributed by atoms with Crippen molar-refractivity contribution in [1.82, 2.24) is 4.90 Å². The highest BCUT2D eigenvalue weighted by Crippen LogP contribution is 2.23. The number of rotatable bonds is 7. The van der Waals surface area contributed by atoms with Gasteiger partial charge in [-0.25, -0.2) is 0 Å². The lowest BCUT2D eigenvalue weighted by Gasteiger charge is -2.21. The molecular weight excluding hydrogens is 352 g/mol. The van der Waals surface area contributed by atoms with Crippen molar-refractivity contribution in [3.05, 3.63) is 58.6 Å². The van der Waals surface area contributed by atoms with Crippen LogP contribution >= 0.6 is 11.6 Å². The van der Waals surface area contributed by atoms with Crippen molar-refractivity contribution in [2.24, 2.45) is 0 Å². The highest BCUT2D eigenvalue weighted by molar-refractivity contribution is 6.31. The van der Waals surface area contributed by atoms with Gasteiger partial charge in [0.25, 0.3) is 0 Å². The molecule has 5 nitrogen and oxygen atoms in total. The van der Waals surface area contributed by atoms with Crippen molar-refractivity contribution in [2.45, 2.75) is 26.8 Å². The van der Waals surface area contributed by atoms with Crippen LogP contribution in [0.25, 0.3) is 0 Å². The molecule has 138 valence electrons. The zero-order valence-corrected chi connectivity index (χ0v) is 16.0. The van der Waals surface area contributed by atoms with E-state index in [0.717, 1.165) is 16.9 Å². The summed E-state index contributed by atoms with van der Waals surface area (Å²) < 4.78 is 5.13. The van der Waals surface area contributed by atoms with Crippen molar-refractivity contribution in [1.29, 1.82) is 0 Å². The molecule has 0 radical (unpaired) electrons. The number of carbonyl (C=O) groups excluding carboxylic acids is 2. The van der Waals surface area contributed by atoms with Gasteiger partial charge in [0.1, 0.15) is 5.75 Å². The Bertz CT molecular complexity index is 775. The molecule has 26 heavy (non-hydrogen) atoms. The monoisotopic (exact) mass is 374 g/mol. The summed E-state index contributed by atoms with van der Waals surface area (Å²) in [5.41, 5.74) is 2.49. The predicted molar refractivity (Wildman–Crippen MR) is 104 cm³/mol. The third kappa shape index (κ3) is 5.49. The molecule has 2 amide bonds. The average molecular weight is 375 g/mol. The standard InChI is InChI=1S/C20H23ClN2O3/c1-14-18(21)5-4-6-19(14)22-20(25)11-12-23(15(2)24)13-16-7-9-17(26-3)10-8-16/h4-10H,11-13H2,1-3H3,(H,22,25). The Kier molecular flexibility index (Phi) is 7.04. The lowest BCUT2D eigenvalue weighted by Crippen LogP contribution is -2.31. The summed E-state index contributed by atoms with van der Waals surface area (Å²) in [5, 5.41) is 3.45. The summed E-state index contributed by atoms with van der Waals surface area (Å²) in [5.74, 6) is 0.531. The van der Waals surface area contributed by atoms with Gasteiger partial charge < -0.3 is 15.0 Å². The SMILES string of the molecule is COc1ccc(CN(CCC(=O)Nc2cccc(Cl)c2C)C(C)=O)cc1. The van der Waals surface area contributed by atoms with Crippen molar-refractivity contribution in [3.8, 4) is 5.75 Å². The fraction of sp³-hybridized carbons (Fsp3) is 0.300. The smallest absolute Gasteiger partial charge is 0.226 e. The number of halogens is 1. The molecule has 0 aromatic heterocycles. The molecule has 0 spiro atoms. The van der Waals surface area contributed by atoms with E-state index in [9.17, 15) is 9.59 Å². The second-order valence-electron chi connectivity index (χ2n) is 6.00. The maximum atomic E-state index is 12.2. The minimum Gasteiger partial charge on any atom is -0.497 e. The van der Waals surface area contributed by atoms with Crippen LogP contribution in [-0.4, -0.2) is 30.4 Å². The zero-order chi connectivity index (χ0) is 19.1. The number of amides is 2. The fourth-order valence-corrected chi connectivity index (χ4v) is 2.67. The van der Waals surface area contributed by atoms with Crippen LogP contribution in [0.5, 0.6) is 5.75 Å². The predicted octanol–water partition coefficient (Wildman–Crippen LogP) is 4.03. The molecule has 0 bridgehead atoms. The topological polar surface area (TPSA) is 58.6 Å². The van der Waals surface area contributed by atoms with Gasteiger partial charge in [-0.05, 0) is 42.3 Å². The van der Waals surface area contributed by atoms with E-state index >= 15 is 0 Å². The minimum absolute atomic E-state index is 0.0763. The molecule has 2 aromatic carbocycles. The normalized spacial score (nSPS) is 10.3. The van der Waals surface area contributed by atoms with Crippen molar-refractivity contribution in [3.63, 3.8) is 0 Å². The molecule has 0 aliphatic heterocycles. The summed E-state index contributed by atoms with van der Waals surface area (Å²) in [6.07, 6.45) is 0.210. The lowest BCUT2D eigenvalue weighted by molar-refractivity contribution is -0.129. The Morgan fingerprint density at radius 1 is 1.15 bits per heavy atom. The molecule has 0 saturated carbocycles. The summed E-state index contributed by atoms with van der Waals surface area (Å²) in [7, 11) is 1.61. The summed E-state index contributed by atoms with van der Waals surface area (Å²) in [6.45, 7) is 4.14. The molecule has 0 heterocycles. The largest absolute Gasteiger partial charge is 0.497 e. The van der Waals surface area contributed by atoms with Crippen LogP contribution in [0.4, 0.5) is 5.69 Å². The van der Waals surface area contributed by atoms with Gasteiger partial charge >= 0.3 is 0 Å². The molecule has 0 aliphatic rings. The van der Waals surface area contributed by atoms with E-state index in [4.69, 9.17) is 16.3 Å². The van der Waals surface area contributed by atoms with Crippen molar-refractivity contribution < 1.29 is 14.3 Å². The van der Waals surface area contributed by atoms with E-state index in [0.29, 0.717) is 23.8 Å². The first kappa shape index (κ1) is 19.8. The summed E-state index contributed by atoms with van der Waals surface area (Å²) in [4.78, 5) is 25.8. The van der Waals surface area contributed by atoms with Gasteiger partial charge in [-0.15, -0.1) is 0 Å². The van der Waals surface area contributed by atoms with Crippen LogP contribution in [0.1, 0.15) is 24.5 Å². The number of methoxy groups -OCH3 is 1. The van der Waals surface area contributed by atoms with Gasteiger partial charge in [-0.3, -0.25) is 9.59 Å². The third-order valence-electron chi connectivity index (χ3n) is 4.13. The van der Waals surface area contributed by atoms with Gasteiger partial charge in [0.15, 0.2) is 0 Å². The molecule has 0 unspecified atom stereocenters. The number of anilines is 1. The van der Waals surface area contributed by atoms with Crippen LogP contribution in [0.3, 0.4) is 0 Å². The first-order valence-electron chi connectivity index (χ1n) is 8.34. The molecule has 0 fully saturated rings. The van der Waals surface area contributed by atoms with E-state index < -0.39 is 0 Å². The number of carbonyl (C=O) groups is 2. The number of benzene rings is 2. The Morgan fingerprint density at radius 2 is 1.85 bits per heavy atom. The molecule has 0 atom stereocenters. The molecule has 1 N–H and O–H groups in total. The van der Waals surface area contributed by atoms with E-state index in [1.54, 1.807) is 30.2 Å². The van der Waals surface area contributed by atoms with Crippen molar-refractivity contribution >= 4 is 29.1 Å². The van der Waals surface area contributed by atoms with Crippen LogP contribution in [0.2, 0.25) is 5.02 Å². The highest BCUT2D eigenvalue weighted by Gasteiger charge is 2.13. The Hall–Kier alpha value is -2.53. The highest BCUT2D eigenvalue weighted by atomic mass is 35.5. The van der Waals surface area contributed by atoms with Gasteiger partial charge in [0, 0.05) is 37.1 Å². The maximum Gasteiger partial charge on any atom is 0.226 e. The number of hydrogen-bond donors (Lipinski definition) is 1. The van der Waals surface area contributed by atoms with Gasteiger partial charge in [0.05, 0.1) is 7.11 Å². The lowest BCUT2D eigenvalue weighted by atomic mass is 10.2. The van der Waals surface area contributed by atoms with E-state index in [1.165, 1.54) is 6.92 Å². The molecule has 2 aromatic rings. The van der Waals surface area contributed by atoms with Crippen LogP contribution in [0, 0.1) is 6.92 Å². The molecule has 6 heteroatoms. The van der Waals surface area contributed by atoms with Gasteiger partial charge in [-0.2, -0.15) is 0 Å². The van der Waals surface area contributed by atoms with E-state index in [1.807, 2.05) is 31.2 Å². The summed E-state index contributed by atoms with van der Waals surface area (Å²) in [6, 6.07) is 12.9. The van der Waals surface area contributed by atoms with E-state index in [-0.39, 0.29) is 18.2 Å². The molecule has 0 aliphatic carbocycles. The first-order chi connectivity index (χ1) is 12.4. The number of ether oxygens (including phenoxy) is 1. The minimum atomic E-state index is -0.156. The Labute approximate surface area is 158 Å². The van der Waals surface area contributed by atoms with E-state index in [2.05, 4.69) is 5.32 Å². The quantitative estimate of drug-likeness (QED) is 0.795. The Balaban J connectivity index is 1.93. The van der Waals surface area contributed by atoms with Crippen molar-refractivity contribution in [2.75, 3.05) is 19.0 Å². The van der Waals surface area contributed by atoms with Crippen LogP contribution in [0.15, 0.2) is 42.5 Å². The number of nitrogens with zero attached hydrogens (tertiary/aromatic N) is 1.